The molecule has 128 valence electrons. The van der Waals surface area contributed by atoms with Gasteiger partial charge in [-0.15, -0.1) is 0 Å². The van der Waals surface area contributed by atoms with E-state index in [2.05, 4.69) is 0 Å². The lowest BCUT2D eigenvalue weighted by atomic mass is 10.1. The van der Waals surface area contributed by atoms with Crippen LogP contribution in [0.25, 0.3) is 0 Å². The number of Topliss-reactive ketones (excluding diaryl/α,β-unsaturated/α-hetero) is 2. The SMILES string of the molecule is CC(C)C(=O)OC1C(=O)c2cccc(OCc3ccccc3)c2C1=O. The van der Waals surface area contributed by atoms with Crippen molar-refractivity contribution in [1.29, 1.82) is 0 Å². The van der Waals surface area contributed by atoms with Crippen LogP contribution in [0.3, 0.4) is 0 Å². The predicted octanol–water partition coefficient (Wildman–Crippen LogP) is 3.21. The van der Waals surface area contributed by atoms with Crippen LogP contribution in [-0.2, 0) is 16.1 Å². The molecule has 0 radical (unpaired) electrons. The smallest absolute Gasteiger partial charge is 0.309 e. The van der Waals surface area contributed by atoms with Crippen LogP contribution in [0.1, 0.15) is 40.1 Å². The first kappa shape index (κ1) is 16.9. The van der Waals surface area contributed by atoms with E-state index in [0.29, 0.717) is 5.75 Å². The van der Waals surface area contributed by atoms with E-state index in [0.717, 1.165) is 5.56 Å². The summed E-state index contributed by atoms with van der Waals surface area (Å²) in [7, 11) is 0. The maximum atomic E-state index is 12.6. The molecule has 1 atom stereocenters. The monoisotopic (exact) mass is 338 g/mol. The molecular formula is C20H18O5. The van der Waals surface area contributed by atoms with Gasteiger partial charge in [0.1, 0.15) is 12.4 Å². The average Bonchev–Trinajstić information content (AvgIpc) is 2.86. The lowest BCUT2D eigenvalue weighted by Gasteiger charge is -2.11. The number of ketones is 2. The van der Waals surface area contributed by atoms with Crippen molar-refractivity contribution in [2.45, 2.75) is 26.6 Å². The highest BCUT2D eigenvalue weighted by molar-refractivity contribution is 6.30. The van der Waals surface area contributed by atoms with Gasteiger partial charge in [0.25, 0.3) is 0 Å². The molecule has 1 aliphatic rings. The highest BCUT2D eigenvalue weighted by Crippen LogP contribution is 2.32. The van der Waals surface area contributed by atoms with Crippen LogP contribution in [0.2, 0.25) is 0 Å². The summed E-state index contributed by atoms with van der Waals surface area (Å²) in [5.74, 6) is -1.70. The Hall–Kier alpha value is -2.95. The molecule has 0 saturated carbocycles. The highest BCUT2D eigenvalue weighted by Gasteiger charge is 2.43. The van der Waals surface area contributed by atoms with Gasteiger partial charge in [-0.25, -0.2) is 0 Å². The van der Waals surface area contributed by atoms with Crippen LogP contribution in [0.15, 0.2) is 48.5 Å². The molecule has 0 aromatic heterocycles. The number of benzene rings is 2. The molecule has 2 aromatic rings. The van der Waals surface area contributed by atoms with Gasteiger partial charge in [0.2, 0.25) is 17.7 Å². The van der Waals surface area contributed by atoms with E-state index in [-0.39, 0.29) is 17.7 Å². The predicted molar refractivity (Wildman–Crippen MR) is 90.6 cm³/mol. The maximum Gasteiger partial charge on any atom is 0.309 e. The zero-order valence-electron chi connectivity index (χ0n) is 14.0. The van der Waals surface area contributed by atoms with Crippen molar-refractivity contribution in [3.8, 4) is 5.75 Å². The van der Waals surface area contributed by atoms with Crippen LogP contribution in [-0.4, -0.2) is 23.6 Å². The molecule has 2 aromatic carbocycles. The Morgan fingerprint density at radius 3 is 2.40 bits per heavy atom. The van der Waals surface area contributed by atoms with Crippen molar-refractivity contribution in [2.24, 2.45) is 5.92 Å². The molecule has 0 aliphatic heterocycles. The molecule has 3 rings (SSSR count). The number of carbonyl (C=O) groups is 3. The topological polar surface area (TPSA) is 69.7 Å². The third-order valence-corrected chi connectivity index (χ3v) is 3.96. The third kappa shape index (κ3) is 3.31. The fraction of sp³-hybridized carbons (Fsp3) is 0.250. The Kier molecular flexibility index (Phi) is 4.65. The lowest BCUT2D eigenvalue weighted by molar-refractivity contribution is -0.148. The number of esters is 1. The normalized spacial score (nSPS) is 16.0. The zero-order chi connectivity index (χ0) is 18.0. The second-order valence-corrected chi connectivity index (χ2v) is 6.15. The molecule has 1 aliphatic carbocycles. The summed E-state index contributed by atoms with van der Waals surface area (Å²) in [6, 6.07) is 14.3. The Bertz CT molecular complexity index is 823. The number of carbonyl (C=O) groups excluding carboxylic acids is 3. The Labute approximate surface area is 145 Å². The first-order valence-electron chi connectivity index (χ1n) is 8.07. The van der Waals surface area contributed by atoms with Crippen LogP contribution in [0.4, 0.5) is 0 Å². The number of hydrogen-bond acceptors (Lipinski definition) is 5. The third-order valence-electron chi connectivity index (χ3n) is 3.96. The Morgan fingerprint density at radius 2 is 1.72 bits per heavy atom. The van der Waals surface area contributed by atoms with Crippen LogP contribution < -0.4 is 4.74 Å². The minimum absolute atomic E-state index is 0.185. The van der Waals surface area contributed by atoms with Gasteiger partial charge in [-0.05, 0) is 11.6 Å². The summed E-state index contributed by atoms with van der Waals surface area (Å²) in [6.07, 6.45) is -1.41. The van der Waals surface area contributed by atoms with Crippen LogP contribution >= 0.6 is 0 Å². The van der Waals surface area contributed by atoms with Gasteiger partial charge < -0.3 is 9.47 Å². The van der Waals surface area contributed by atoms with Gasteiger partial charge >= 0.3 is 5.97 Å². The van der Waals surface area contributed by atoms with E-state index >= 15 is 0 Å². The highest BCUT2D eigenvalue weighted by atomic mass is 16.6. The summed E-state index contributed by atoms with van der Waals surface area (Å²) in [5, 5.41) is 0. The minimum Gasteiger partial charge on any atom is -0.488 e. The van der Waals surface area contributed by atoms with E-state index in [1.165, 1.54) is 0 Å². The molecule has 5 nitrogen and oxygen atoms in total. The second kappa shape index (κ2) is 6.89. The van der Waals surface area contributed by atoms with Gasteiger partial charge in [-0.2, -0.15) is 0 Å². The first-order chi connectivity index (χ1) is 12.0. The van der Waals surface area contributed by atoms with Crippen LogP contribution in [0.5, 0.6) is 5.75 Å². The summed E-state index contributed by atoms with van der Waals surface area (Å²) < 4.78 is 10.8. The van der Waals surface area contributed by atoms with Gasteiger partial charge in [0.15, 0.2) is 0 Å². The number of ether oxygens (including phenoxy) is 2. The molecule has 0 saturated heterocycles. The molecular weight excluding hydrogens is 320 g/mol. The van der Waals surface area contributed by atoms with E-state index < -0.39 is 29.6 Å². The Morgan fingerprint density at radius 1 is 1.00 bits per heavy atom. The van der Waals surface area contributed by atoms with Crippen molar-refractivity contribution >= 4 is 17.5 Å². The van der Waals surface area contributed by atoms with E-state index in [4.69, 9.17) is 9.47 Å². The van der Waals surface area contributed by atoms with Crippen molar-refractivity contribution in [3.63, 3.8) is 0 Å². The quantitative estimate of drug-likeness (QED) is 0.618. The molecule has 0 heterocycles. The van der Waals surface area contributed by atoms with Gasteiger partial charge in [0.05, 0.1) is 11.5 Å². The summed E-state index contributed by atoms with van der Waals surface area (Å²) >= 11 is 0. The van der Waals surface area contributed by atoms with E-state index in [9.17, 15) is 14.4 Å². The fourth-order valence-corrected chi connectivity index (χ4v) is 2.60. The van der Waals surface area contributed by atoms with Gasteiger partial charge in [-0.3, -0.25) is 14.4 Å². The molecule has 5 heteroatoms. The summed E-state index contributed by atoms with van der Waals surface area (Å²) in [4.78, 5) is 36.8. The zero-order valence-corrected chi connectivity index (χ0v) is 14.0. The molecule has 0 spiro atoms. The van der Waals surface area contributed by atoms with Crippen molar-refractivity contribution in [3.05, 3.63) is 65.2 Å². The summed E-state index contributed by atoms with van der Waals surface area (Å²) in [6.45, 7) is 3.57. The largest absolute Gasteiger partial charge is 0.488 e. The summed E-state index contributed by atoms with van der Waals surface area (Å²) in [5.41, 5.74) is 1.36. The molecule has 25 heavy (non-hydrogen) atoms. The number of rotatable bonds is 5. The molecule has 0 N–H and O–H groups in total. The average molecular weight is 338 g/mol. The number of hydrogen-bond donors (Lipinski definition) is 0. The lowest BCUT2D eigenvalue weighted by Crippen LogP contribution is -2.30. The molecule has 1 unspecified atom stereocenters. The fourth-order valence-electron chi connectivity index (χ4n) is 2.60. The second-order valence-electron chi connectivity index (χ2n) is 6.15. The van der Waals surface area contributed by atoms with E-state index in [1.807, 2.05) is 30.3 Å². The number of fused-ring (bicyclic) bond motifs is 1. The standard InChI is InChI=1S/C20H18O5/c1-12(2)20(23)25-19-17(21)14-9-6-10-15(16(14)18(19)22)24-11-13-7-4-3-5-8-13/h3-10,12,19H,11H2,1-2H3. The maximum absolute atomic E-state index is 12.6. The molecule has 0 fully saturated rings. The van der Waals surface area contributed by atoms with Crippen molar-refractivity contribution in [2.75, 3.05) is 0 Å². The minimum atomic E-state index is -1.41. The van der Waals surface area contributed by atoms with Gasteiger partial charge in [-0.1, -0.05) is 56.3 Å². The van der Waals surface area contributed by atoms with Crippen molar-refractivity contribution in [1.82, 2.24) is 0 Å². The van der Waals surface area contributed by atoms with Crippen LogP contribution in [0, 0.1) is 5.92 Å². The Balaban J connectivity index is 1.84. The van der Waals surface area contributed by atoms with E-state index in [1.54, 1.807) is 32.0 Å². The molecule has 0 bridgehead atoms. The van der Waals surface area contributed by atoms with Crippen molar-refractivity contribution < 1.29 is 23.9 Å². The molecule has 0 amide bonds. The first-order valence-corrected chi connectivity index (χ1v) is 8.07. The van der Waals surface area contributed by atoms with Gasteiger partial charge in [0, 0.05) is 5.56 Å².